The average Bonchev–Trinajstić information content (AvgIpc) is 2.63. The monoisotopic (exact) mass is 305 g/mol. The van der Waals surface area contributed by atoms with Gasteiger partial charge in [-0.05, 0) is 12.1 Å². The Kier molecular flexibility index (Phi) is 3.05. The maximum atomic E-state index is 11.0. The number of aromatic nitrogens is 1. The van der Waals surface area contributed by atoms with Gasteiger partial charge in [-0.15, -0.1) is 0 Å². The van der Waals surface area contributed by atoms with Crippen LogP contribution in [0, 0.1) is 0 Å². The zero-order chi connectivity index (χ0) is 11.8. The van der Waals surface area contributed by atoms with Crippen molar-refractivity contribution in [2.24, 2.45) is 0 Å². The minimum Gasteiger partial charge on any atom is -0.479 e. The minimum absolute atomic E-state index is 0.426. The van der Waals surface area contributed by atoms with Gasteiger partial charge in [-0.2, -0.15) is 0 Å². The molecule has 0 aliphatic carbocycles. The molecule has 2 rings (SSSR count). The Morgan fingerprint density at radius 1 is 1.75 bits per heavy atom. The lowest BCUT2D eigenvalue weighted by molar-refractivity contribution is -0.140. The zero-order valence-corrected chi connectivity index (χ0v) is 10.5. The predicted octanol–water partition coefficient (Wildman–Crippen LogP) is 1.63. The van der Waals surface area contributed by atoms with Gasteiger partial charge in [0.15, 0.2) is 10.3 Å². The highest BCUT2D eigenvalue weighted by Crippen LogP contribution is 2.31. The second kappa shape index (κ2) is 4.20. The Morgan fingerprint density at radius 3 is 3.06 bits per heavy atom. The molecule has 1 fully saturated rings. The van der Waals surface area contributed by atoms with Crippen molar-refractivity contribution in [3.05, 3.63) is 23.4 Å². The van der Waals surface area contributed by atoms with Crippen LogP contribution in [0.4, 0.5) is 5.82 Å². The SMILES string of the molecule is O=C(O)C1(Br)CCN(c2ncccc2Cl)N1. The highest BCUT2D eigenvalue weighted by Gasteiger charge is 2.43. The van der Waals surface area contributed by atoms with E-state index in [2.05, 4.69) is 26.3 Å². The number of nitrogens with zero attached hydrogens (tertiary/aromatic N) is 2. The van der Waals surface area contributed by atoms with Crippen LogP contribution < -0.4 is 10.4 Å². The first-order valence-corrected chi connectivity index (χ1v) is 5.78. The number of aliphatic carboxylic acids is 1. The fourth-order valence-corrected chi connectivity index (χ4v) is 2.10. The van der Waals surface area contributed by atoms with Crippen LogP contribution in [0.2, 0.25) is 5.02 Å². The van der Waals surface area contributed by atoms with Crippen molar-refractivity contribution in [3.63, 3.8) is 0 Å². The molecule has 16 heavy (non-hydrogen) atoms. The van der Waals surface area contributed by atoms with E-state index < -0.39 is 10.4 Å². The van der Waals surface area contributed by atoms with Crippen LogP contribution >= 0.6 is 27.5 Å². The van der Waals surface area contributed by atoms with E-state index in [0.717, 1.165) is 0 Å². The normalized spacial score (nSPS) is 24.8. The number of alkyl halides is 1. The van der Waals surface area contributed by atoms with Gasteiger partial charge in [0, 0.05) is 19.2 Å². The molecule has 0 aromatic carbocycles. The molecular weight excluding hydrogens is 297 g/mol. The number of carboxylic acids is 1. The van der Waals surface area contributed by atoms with E-state index in [0.29, 0.717) is 23.8 Å². The van der Waals surface area contributed by atoms with Gasteiger partial charge in [0.2, 0.25) is 0 Å². The summed E-state index contributed by atoms with van der Waals surface area (Å²) in [6, 6.07) is 3.43. The molecular formula is C9H9BrClN3O2. The fourth-order valence-electron chi connectivity index (χ4n) is 1.48. The van der Waals surface area contributed by atoms with E-state index in [-0.39, 0.29) is 0 Å². The predicted molar refractivity (Wildman–Crippen MR) is 63.6 cm³/mol. The lowest BCUT2D eigenvalue weighted by Gasteiger charge is -2.22. The van der Waals surface area contributed by atoms with Gasteiger partial charge in [-0.25, -0.2) is 15.2 Å². The number of nitrogens with one attached hydrogen (secondary N) is 1. The highest BCUT2D eigenvalue weighted by atomic mass is 79.9. The summed E-state index contributed by atoms with van der Waals surface area (Å²) in [5, 5.41) is 11.1. The summed E-state index contributed by atoms with van der Waals surface area (Å²) in [6.07, 6.45) is 2.03. The van der Waals surface area contributed by atoms with Crippen LogP contribution in [-0.4, -0.2) is 27.1 Å². The van der Waals surface area contributed by atoms with Gasteiger partial charge >= 0.3 is 5.97 Å². The molecule has 1 aromatic heterocycles. The van der Waals surface area contributed by atoms with Crippen molar-refractivity contribution in [3.8, 4) is 0 Å². The standard InChI is InChI=1S/C9H9BrClN3O2/c10-9(8(15)16)3-5-14(13-9)7-6(11)2-1-4-12-7/h1-2,4,13H,3,5H2,(H,15,16). The van der Waals surface area contributed by atoms with Crippen molar-refractivity contribution >= 4 is 39.3 Å². The first-order valence-electron chi connectivity index (χ1n) is 4.61. The van der Waals surface area contributed by atoms with Gasteiger partial charge in [-0.1, -0.05) is 27.5 Å². The molecule has 0 bridgehead atoms. The van der Waals surface area contributed by atoms with Crippen molar-refractivity contribution in [1.29, 1.82) is 0 Å². The molecule has 0 amide bonds. The van der Waals surface area contributed by atoms with E-state index in [4.69, 9.17) is 16.7 Å². The van der Waals surface area contributed by atoms with Crippen LogP contribution in [0.15, 0.2) is 18.3 Å². The molecule has 86 valence electrons. The summed E-state index contributed by atoms with van der Waals surface area (Å²) in [5.74, 6) is -0.422. The van der Waals surface area contributed by atoms with Crippen molar-refractivity contribution in [2.45, 2.75) is 10.9 Å². The number of anilines is 1. The lowest BCUT2D eigenvalue weighted by atomic mass is 10.2. The summed E-state index contributed by atoms with van der Waals surface area (Å²) in [4.78, 5) is 15.1. The summed E-state index contributed by atoms with van der Waals surface area (Å²) in [6.45, 7) is 0.522. The number of carbonyl (C=O) groups is 1. The molecule has 0 spiro atoms. The maximum absolute atomic E-state index is 11.0. The molecule has 1 atom stereocenters. The van der Waals surface area contributed by atoms with Gasteiger partial charge in [0.05, 0.1) is 5.02 Å². The Morgan fingerprint density at radius 2 is 2.50 bits per heavy atom. The minimum atomic E-state index is -1.13. The fraction of sp³-hybridized carbons (Fsp3) is 0.333. The highest BCUT2D eigenvalue weighted by molar-refractivity contribution is 9.10. The van der Waals surface area contributed by atoms with Crippen molar-refractivity contribution in [1.82, 2.24) is 10.4 Å². The Balaban J connectivity index is 2.22. The zero-order valence-electron chi connectivity index (χ0n) is 8.15. The lowest BCUT2D eigenvalue weighted by Crippen LogP contribution is -2.47. The largest absolute Gasteiger partial charge is 0.479 e. The van der Waals surface area contributed by atoms with Gasteiger partial charge in [-0.3, -0.25) is 5.01 Å². The van der Waals surface area contributed by atoms with E-state index in [1.807, 2.05) is 0 Å². The Labute approximate surface area is 106 Å². The van der Waals surface area contributed by atoms with E-state index in [9.17, 15) is 4.79 Å². The van der Waals surface area contributed by atoms with E-state index in [1.165, 1.54) is 0 Å². The molecule has 1 saturated heterocycles. The Bertz CT molecular complexity index is 431. The Hall–Kier alpha value is -0.850. The second-order valence-electron chi connectivity index (χ2n) is 3.43. The molecule has 0 radical (unpaired) electrons. The molecule has 1 aromatic rings. The molecule has 2 heterocycles. The molecule has 7 heteroatoms. The molecule has 1 unspecified atom stereocenters. The molecule has 0 saturated carbocycles. The number of pyridine rings is 1. The number of halogens is 2. The van der Waals surface area contributed by atoms with Crippen LogP contribution in [0.3, 0.4) is 0 Å². The van der Waals surface area contributed by atoms with Gasteiger partial charge in [0.1, 0.15) is 0 Å². The van der Waals surface area contributed by atoms with Gasteiger partial charge in [0.25, 0.3) is 0 Å². The van der Waals surface area contributed by atoms with E-state index >= 15 is 0 Å². The topological polar surface area (TPSA) is 65.5 Å². The number of hydrogen-bond acceptors (Lipinski definition) is 4. The third-order valence-corrected chi connectivity index (χ3v) is 3.53. The third kappa shape index (κ3) is 2.00. The number of hydrogen-bond donors (Lipinski definition) is 2. The first kappa shape index (κ1) is 11.6. The molecule has 1 aliphatic rings. The quantitative estimate of drug-likeness (QED) is 0.642. The number of hydrazine groups is 1. The average molecular weight is 307 g/mol. The summed E-state index contributed by atoms with van der Waals surface area (Å²) in [5.41, 5.74) is 2.83. The van der Waals surface area contributed by atoms with Gasteiger partial charge < -0.3 is 5.11 Å². The molecule has 5 nitrogen and oxygen atoms in total. The van der Waals surface area contributed by atoms with Crippen LogP contribution in [0.5, 0.6) is 0 Å². The van der Waals surface area contributed by atoms with Crippen LogP contribution in [-0.2, 0) is 4.79 Å². The van der Waals surface area contributed by atoms with E-state index in [1.54, 1.807) is 23.3 Å². The second-order valence-corrected chi connectivity index (χ2v) is 5.19. The molecule has 1 aliphatic heterocycles. The van der Waals surface area contributed by atoms with Crippen LogP contribution in [0.1, 0.15) is 6.42 Å². The van der Waals surface area contributed by atoms with Crippen molar-refractivity contribution < 1.29 is 9.90 Å². The van der Waals surface area contributed by atoms with Crippen molar-refractivity contribution in [2.75, 3.05) is 11.6 Å². The smallest absolute Gasteiger partial charge is 0.336 e. The third-order valence-electron chi connectivity index (χ3n) is 2.33. The first-order chi connectivity index (χ1) is 7.53. The number of rotatable bonds is 2. The summed E-state index contributed by atoms with van der Waals surface area (Å²) >= 11 is 9.12. The summed E-state index contributed by atoms with van der Waals surface area (Å²) < 4.78 is -1.13. The maximum Gasteiger partial charge on any atom is 0.336 e. The van der Waals surface area contributed by atoms with Crippen LogP contribution in [0.25, 0.3) is 0 Å². The summed E-state index contributed by atoms with van der Waals surface area (Å²) in [7, 11) is 0. The number of carboxylic acid groups (broad SMARTS) is 1. The molecule has 2 N–H and O–H groups in total.